The number of likely N-dealkylation sites (N-methyl/N-ethyl adjacent to an activating group) is 1. The van der Waals surface area contributed by atoms with E-state index in [9.17, 15) is 56.6 Å². The SMILES string of the molecule is C=CC(=O)N1CCN(c2nc(OC[C@@H]3C[C@H](NC(=O)C4CCN(C(=O)C5CCN(Cc6ccc(-n7c(C(=O)NCC(F)(F)C(F)(F)F)nnc7-c7cc(C(C)C)c(O)cc7O)cc6)CC5)CC4)CN3C)nc3c2CCN(c2cccc4cccc(Cl)c24)C3)C[C@@H]1CC#N. The van der Waals surface area contributed by atoms with Crippen molar-refractivity contribution in [1.82, 2.24) is 55.0 Å². The predicted molar refractivity (Wildman–Crippen MR) is 337 cm³/mol. The van der Waals surface area contributed by atoms with Gasteiger partial charge in [0.25, 0.3) is 5.91 Å². The summed E-state index contributed by atoms with van der Waals surface area (Å²) in [6.07, 6.45) is -0.914. The Balaban J connectivity index is 0.674. The Morgan fingerprint density at radius 2 is 1.58 bits per heavy atom. The molecule has 93 heavy (non-hydrogen) atoms. The van der Waals surface area contributed by atoms with Crippen LogP contribution in [0.15, 0.2) is 85.5 Å². The Bertz CT molecular complexity index is 3830. The first-order chi connectivity index (χ1) is 44.5. The third-order valence-electron chi connectivity index (χ3n) is 18.7. The van der Waals surface area contributed by atoms with Crippen LogP contribution >= 0.6 is 11.6 Å². The molecule has 0 bridgehead atoms. The molecule has 6 aromatic rings. The molecule has 27 heteroatoms. The summed E-state index contributed by atoms with van der Waals surface area (Å²) in [6.45, 7) is 11.2. The number of amides is 4. The lowest BCUT2D eigenvalue weighted by molar-refractivity contribution is -0.278. The number of hydrogen-bond acceptors (Lipinski definition) is 16. The van der Waals surface area contributed by atoms with Crippen molar-refractivity contribution >= 4 is 57.5 Å². The third-order valence-corrected chi connectivity index (χ3v) is 19.0. The second-order valence-corrected chi connectivity index (χ2v) is 25.5. The summed E-state index contributed by atoms with van der Waals surface area (Å²) in [5.41, 5.74) is 4.29. The van der Waals surface area contributed by atoms with Crippen LogP contribution in [0.1, 0.15) is 91.3 Å². The molecule has 4 aromatic carbocycles. The summed E-state index contributed by atoms with van der Waals surface area (Å²) in [5, 5.41) is 46.7. The zero-order chi connectivity index (χ0) is 66.0. The monoisotopic (exact) mass is 1300 g/mol. The molecule has 4 N–H and O–H groups in total. The Morgan fingerprint density at radius 3 is 2.28 bits per heavy atom. The summed E-state index contributed by atoms with van der Waals surface area (Å²) < 4.78 is 74.5. The minimum atomic E-state index is -5.92. The van der Waals surface area contributed by atoms with Gasteiger partial charge in [0.05, 0.1) is 47.9 Å². The number of aromatic hydroxyl groups is 2. The zero-order valence-electron chi connectivity index (χ0n) is 51.9. The highest BCUT2D eigenvalue weighted by Crippen LogP contribution is 2.41. The number of piperidine rings is 2. The van der Waals surface area contributed by atoms with Gasteiger partial charge in [0.1, 0.15) is 23.9 Å². The molecule has 0 saturated carbocycles. The van der Waals surface area contributed by atoms with Gasteiger partial charge < -0.3 is 45.2 Å². The van der Waals surface area contributed by atoms with Crippen LogP contribution in [0.3, 0.4) is 0 Å². The third kappa shape index (κ3) is 14.2. The van der Waals surface area contributed by atoms with Crippen molar-refractivity contribution in [1.29, 1.82) is 5.26 Å². The Labute approximate surface area is 539 Å². The van der Waals surface area contributed by atoms with Crippen molar-refractivity contribution in [2.75, 3.05) is 88.9 Å². The number of rotatable bonds is 18. The first-order valence-corrected chi connectivity index (χ1v) is 31.7. The van der Waals surface area contributed by atoms with E-state index in [1.165, 1.54) is 12.1 Å². The number of anilines is 2. The largest absolute Gasteiger partial charge is 0.508 e. The maximum atomic E-state index is 14.0. The second kappa shape index (κ2) is 27.5. The van der Waals surface area contributed by atoms with Crippen molar-refractivity contribution in [3.8, 4) is 40.7 Å². The summed E-state index contributed by atoms with van der Waals surface area (Å²) in [7, 11) is 2.00. The normalized spacial score (nSPS) is 19.6. The van der Waals surface area contributed by atoms with Crippen LogP contribution in [0.4, 0.5) is 33.5 Å². The highest BCUT2D eigenvalue weighted by molar-refractivity contribution is 6.36. The van der Waals surface area contributed by atoms with E-state index in [2.05, 4.69) is 53.8 Å². The van der Waals surface area contributed by atoms with Crippen molar-refractivity contribution in [3.63, 3.8) is 0 Å². The van der Waals surface area contributed by atoms with Gasteiger partial charge in [-0.1, -0.05) is 68.4 Å². The molecular weight excluding hydrogens is 1230 g/mol. The molecule has 0 spiro atoms. The van der Waals surface area contributed by atoms with Gasteiger partial charge in [0.2, 0.25) is 23.5 Å². The fourth-order valence-electron chi connectivity index (χ4n) is 13.5. The van der Waals surface area contributed by atoms with Gasteiger partial charge in [0, 0.05) is 105 Å². The van der Waals surface area contributed by atoms with Crippen LogP contribution < -0.4 is 25.2 Å². The van der Waals surface area contributed by atoms with E-state index in [0.717, 1.165) is 49.7 Å². The number of nitriles is 1. The van der Waals surface area contributed by atoms with E-state index in [0.29, 0.717) is 121 Å². The van der Waals surface area contributed by atoms with Crippen LogP contribution in [0.2, 0.25) is 5.02 Å². The Hall–Kier alpha value is -8.67. The van der Waals surface area contributed by atoms with E-state index in [1.54, 1.807) is 48.3 Å². The van der Waals surface area contributed by atoms with Crippen LogP contribution in [-0.4, -0.2) is 188 Å². The zero-order valence-corrected chi connectivity index (χ0v) is 52.6. The minimum Gasteiger partial charge on any atom is -0.508 e. The number of benzene rings is 4. The van der Waals surface area contributed by atoms with Crippen molar-refractivity contribution in [2.24, 2.45) is 11.8 Å². The molecule has 5 aliphatic heterocycles. The Kier molecular flexibility index (Phi) is 19.5. The molecule has 0 aliphatic carbocycles. The molecular formula is C66H74ClF5N14O7. The number of halogens is 6. The molecule has 21 nitrogen and oxygen atoms in total. The summed E-state index contributed by atoms with van der Waals surface area (Å²) >= 11 is 6.81. The van der Waals surface area contributed by atoms with Crippen molar-refractivity contribution < 1.29 is 56.1 Å². The molecule has 3 atom stereocenters. The molecule has 7 heterocycles. The molecule has 5 aliphatic rings. The van der Waals surface area contributed by atoms with Crippen molar-refractivity contribution in [2.45, 2.75) is 108 Å². The number of nitrogens with zero attached hydrogens (tertiary/aromatic N) is 12. The van der Waals surface area contributed by atoms with Crippen LogP contribution in [-0.2, 0) is 33.9 Å². The van der Waals surface area contributed by atoms with Crippen LogP contribution in [0.5, 0.6) is 17.5 Å². The van der Waals surface area contributed by atoms with E-state index in [-0.39, 0.29) is 95.5 Å². The number of alkyl halides is 5. The number of carbonyl (C=O) groups excluding carboxylic acids is 4. The second-order valence-electron chi connectivity index (χ2n) is 25.1. The van der Waals surface area contributed by atoms with Crippen LogP contribution in [0, 0.1) is 23.2 Å². The first-order valence-electron chi connectivity index (χ1n) is 31.3. The number of likely N-dealkylation sites (tertiary alicyclic amines) is 3. The predicted octanol–water partition coefficient (Wildman–Crippen LogP) is 8.39. The summed E-state index contributed by atoms with van der Waals surface area (Å²) in [4.78, 5) is 76.4. The number of nitrogens with one attached hydrogen (secondary N) is 2. The van der Waals surface area contributed by atoms with E-state index in [4.69, 9.17) is 26.3 Å². The van der Waals surface area contributed by atoms with E-state index >= 15 is 0 Å². The highest BCUT2D eigenvalue weighted by atomic mass is 35.5. The van der Waals surface area contributed by atoms with E-state index in [1.807, 2.05) is 42.3 Å². The van der Waals surface area contributed by atoms with Gasteiger partial charge in [-0.15, -0.1) is 10.2 Å². The molecule has 492 valence electrons. The summed E-state index contributed by atoms with van der Waals surface area (Å²) in [5.74, 6) is -8.21. The molecule has 2 aromatic heterocycles. The Morgan fingerprint density at radius 1 is 0.860 bits per heavy atom. The summed E-state index contributed by atoms with van der Waals surface area (Å²) in [6, 6.07) is 23.1. The number of phenols is 2. The molecule has 4 fully saturated rings. The standard InChI is InChI=1S/C66H74ClF5N14O7/c1-5-56(89)85-29-28-84(35-46(85)16-22-73)58-48-21-27-83(53-11-7-9-41-8-6-10-51(67)57(41)53)36-52(48)76-64(77-58)93-37-47-30-44(34-80(47)4)75-61(90)42-19-25-82(26-20-42)63(92)43-17-23-81(24-18-43)33-40-12-14-45(15-13-40)86-59(50-31-49(39(2)3)54(87)32-55(50)88)78-79-60(86)62(91)74-38-65(68,69)66(70,71)72/h5-15,31-32,39,42-44,46-47,87-88H,1,16-21,23-30,33-38H2,2-4H3,(H,74,91)(H,75,90)/t44-,46-,47-/m0/s1. The average Bonchev–Trinajstić information content (AvgIpc) is 1.72. The highest BCUT2D eigenvalue weighted by Gasteiger charge is 2.57. The topological polar surface area (TPSA) is 242 Å². The van der Waals surface area contributed by atoms with Gasteiger partial charge in [0.15, 0.2) is 5.82 Å². The lowest BCUT2D eigenvalue weighted by Crippen LogP contribution is -2.55. The number of fused-ring (bicyclic) bond motifs is 2. The maximum Gasteiger partial charge on any atom is 0.455 e. The molecule has 0 unspecified atom stereocenters. The number of hydrogen-bond donors (Lipinski definition) is 4. The van der Waals surface area contributed by atoms with Gasteiger partial charge >= 0.3 is 18.1 Å². The van der Waals surface area contributed by atoms with E-state index < -0.39 is 36.1 Å². The molecule has 4 saturated heterocycles. The molecule has 4 amide bonds. The lowest BCUT2D eigenvalue weighted by Gasteiger charge is -2.42. The quantitative estimate of drug-likeness (QED) is 0.0466. The fraction of sp³-hybridized carbons (Fsp3) is 0.470. The molecule has 11 rings (SSSR count). The number of ether oxygens (including phenoxy) is 1. The smallest absolute Gasteiger partial charge is 0.455 e. The number of aromatic nitrogens is 5. The van der Waals surface area contributed by atoms with Gasteiger partial charge in [-0.2, -0.15) is 37.2 Å². The maximum absolute atomic E-state index is 14.0. The number of carbonyl (C=O) groups is 4. The van der Waals surface area contributed by atoms with Crippen molar-refractivity contribution in [3.05, 3.63) is 119 Å². The molecule has 0 radical (unpaired) electrons. The lowest BCUT2D eigenvalue weighted by atomic mass is 9.91. The fourth-order valence-corrected chi connectivity index (χ4v) is 13.8. The van der Waals surface area contributed by atoms with Gasteiger partial charge in [-0.05, 0) is 118 Å². The van der Waals surface area contributed by atoms with Gasteiger partial charge in [-0.25, -0.2) is 0 Å². The minimum absolute atomic E-state index is 0.0136. The van der Waals surface area contributed by atoms with Crippen LogP contribution in [0.25, 0.3) is 27.8 Å². The van der Waals surface area contributed by atoms with Gasteiger partial charge in [-0.3, -0.25) is 33.5 Å². The first kappa shape index (κ1) is 65.8. The number of piperazine rings is 1. The number of phenolic OH excluding ortho intramolecular Hbond substituents is 2. The average molecular weight is 1310 g/mol.